The van der Waals surface area contributed by atoms with Crippen LogP contribution in [0.25, 0.3) is 0 Å². The summed E-state index contributed by atoms with van der Waals surface area (Å²) in [6.07, 6.45) is -3.57. The maximum absolute atomic E-state index is 11.3. The number of nitro benzene ring substituents is 1. The van der Waals surface area contributed by atoms with Crippen LogP contribution in [0.3, 0.4) is 0 Å². The summed E-state index contributed by atoms with van der Waals surface area (Å²) < 4.78 is 4.55. The first-order valence-corrected chi connectivity index (χ1v) is 5.66. The van der Waals surface area contributed by atoms with E-state index in [4.69, 9.17) is 0 Å². The molecule has 0 saturated carbocycles. The molecule has 19 heavy (non-hydrogen) atoms. The van der Waals surface area contributed by atoms with Crippen molar-refractivity contribution in [2.75, 3.05) is 6.61 Å². The molecule has 0 aromatic heterocycles. The molecule has 7 nitrogen and oxygen atoms in total. The van der Waals surface area contributed by atoms with Crippen LogP contribution in [0.1, 0.15) is 24.2 Å². The number of aryl methyl sites for hydroxylation is 1. The zero-order valence-corrected chi connectivity index (χ0v) is 10.6. The van der Waals surface area contributed by atoms with Crippen LogP contribution in [-0.2, 0) is 9.53 Å². The van der Waals surface area contributed by atoms with E-state index in [1.54, 1.807) is 19.9 Å². The summed E-state index contributed by atoms with van der Waals surface area (Å²) in [6, 6.07) is 4.11. The molecule has 2 atom stereocenters. The number of hydrogen-bond acceptors (Lipinski definition) is 6. The molecule has 7 heteroatoms. The molecule has 0 radical (unpaired) electrons. The number of carbonyl (C=O) groups is 1. The minimum Gasteiger partial charge on any atom is -0.464 e. The third kappa shape index (κ3) is 3.49. The molecule has 0 spiro atoms. The lowest BCUT2D eigenvalue weighted by Gasteiger charge is -2.16. The van der Waals surface area contributed by atoms with Crippen molar-refractivity contribution < 1.29 is 24.7 Å². The molecule has 104 valence electrons. The van der Waals surface area contributed by atoms with E-state index >= 15 is 0 Å². The fourth-order valence-corrected chi connectivity index (χ4v) is 1.59. The molecule has 1 aromatic carbocycles. The smallest absolute Gasteiger partial charge is 0.338 e. The van der Waals surface area contributed by atoms with E-state index in [0.29, 0.717) is 5.56 Å². The molecule has 0 aliphatic rings. The van der Waals surface area contributed by atoms with E-state index in [9.17, 15) is 25.1 Å². The van der Waals surface area contributed by atoms with Crippen molar-refractivity contribution in [2.24, 2.45) is 0 Å². The van der Waals surface area contributed by atoms with Gasteiger partial charge in [-0.2, -0.15) is 0 Å². The number of nitro groups is 1. The standard InChI is InChI=1S/C12H15NO6/c1-3-19-12(16)11(15)10(14)8-5-4-7(2)6-9(8)13(17)18/h4-6,10-11,14-15H,3H2,1-2H3. The van der Waals surface area contributed by atoms with Gasteiger partial charge in [-0.15, -0.1) is 0 Å². The first-order valence-electron chi connectivity index (χ1n) is 5.66. The maximum Gasteiger partial charge on any atom is 0.338 e. The van der Waals surface area contributed by atoms with E-state index in [2.05, 4.69) is 4.74 Å². The Morgan fingerprint density at radius 2 is 2.11 bits per heavy atom. The van der Waals surface area contributed by atoms with Gasteiger partial charge < -0.3 is 14.9 Å². The van der Waals surface area contributed by atoms with Gasteiger partial charge in [0.1, 0.15) is 6.10 Å². The highest BCUT2D eigenvalue weighted by Crippen LogP contribution is 2.28. The summed E-state index contributed by atoms with van der Waals surface area (Å²) in [6.45, 7) is 3.24. The summed E-state index contributed by atoms with van der Waals surface area (Å²) in [7, 11) is 0. The highest BCUT2D eigenvalue weighted by atomic mass is 16.6. The van der Waals surface area contributed by atoms with Gasteiger partial charge in [-0.3, -0.25) is 10.1 Å². The molecule has 2 N–H and O–H groups in total. The highest BCUT2D eigenvalue weighted by molar-refractivity contribution is 5.75. The van der Waals surface area contributed by atoms with E-state index < -0.39 is 23.1 Å². The van der Waals surface area contributed by atoms with Crippen LogP contribution in [0.4, 0.5) is 5.69 Å². The monoisotopic (exact) mass is 269 g/mol. The molecule has 0 saturated heterocycles. The SMILES string of the molecule is CCOC(=O)C(O)C(O)c1ccc(C)cc1[N+](=O)[O-]. The van der Waals surface area contributed by atoms with Crippen molar-refractivity contribution in [1.82, 2.24) is 0 Å². The van der Waals surface area contributed by atoms with Crippen LogP contribution in [0.2, 0.25) is 0 Å². The van der Waals surface area contributed by atoms with Gasteiger partial charge in [0.05, 0.1) is 17.1 Å². The van der Waals surface area contributed by atoms with Crippen molar-refractivity contribution in [3.05, 3.63) is 39.4 Å². The lowest BCUT2D eigenvalue weighted by atomic mass is 10.0. The van der Waals surface area contributed by atoms with Gasteiger partial charge >= 0.3 is 5.97 Å². The summed E-state index contributed by atoms with van der Waals surface area (Å²) in [5.74, 6) is -1.02. The molecule has 0 amide bonds. The first kappa shape index (κ1) is 15.1. The van der Waals surface area contributed by atoms with Gasteiger partial charge in [0.2, 0.25) is 0 Å². The van der Waals surface area contributed by atoms with Gasteiger partial charge in [0, 0.05) is 6.07 Å². The third-order valence-electron chi connectivity index (χ3n) is 2.53. The van der Waals surface area contributed by atoms with E-state index in [1.165, 1.54) is 12.1 Å². The second kappa shape index (κ2) is 6.26. The molecule has 0 heterocycles. The number of carbonyl (C=O) groups excluding carboxylic acids is 1. The Hall–Kier alpha value is -1.99. The van der Waals surface area contributed by atoms with Crippen LogP contribution in [-0.4, -0.2) is 33.8 Å². The van der Waals surface area contributed by atoms with Crippen LogP contribution in [0.5, 0.6) is 0 Å². The van der Waals surface area contributed by atoms with E-state index in [-0.39, 0.29) is 17.9 Å². The van der Waals surface area contributed by atoms with Crippen LogP contribution < -0.4 is 0 Å². The van der Waals surface area contributed by atoms with Gasteiger partial charge in [-0.25, -0.2) is 4.79 Å². The number of hydrogen-bond donors (Lipinski definition) is 2. The van der Waals surface area contributed by atoms with Gasteiger partial charge in [0.25, 0.3) is 5.69 Å². The van der Waals surface area contributed by atoms with E-state index in [1.807, 2.05) is 0 Å². The topological polar surface area (TPSA) is 110 Å². The van der Waals surface area contributed by atoms with E-state index in [0.717, 1.165) is 0 Å². The summed E-state index contributed by atoms with van der Waals surface area (Å²) in [5.41, 5.74) is 0.153. The zero-order chi connectivity index (χ0) is 14.6. The lowest BCUT2D eigenvalue weighted by Crippen LogP contribution is -2.30. The van der Waals surface area contributed by atoms with Crippen LogP contribution in [0.15, 0.2) is 18.2 Å². The van der Waals surface area contributed by atoms with Crippen molar-refractivity contribution in [3.63, 3.8) is 0 Å². The molecular weight excluding hydrogens is 254 g/mol. The Morgan fingerprint density at radius 3 is 2.63 bits per heavy atom. The Bertz CT molecular complexity index is 487. The molecule has 0 aliphatic carbocycles. The number of esters is 1. The minimum absolute atomic E-state index is 0.0403. The summed E-state index contributed by atoms with van der Waals surface area (Å²) >= 11 is 0. The van der Waals surface area contributed by atoms with Crippen molar-refractivity contribution >= 4 is 11.7 Å². The second-order valence-electron chi connectivity index (χ2n) is 3.96. The van der Waals surface area contributed by atoms with Crippen molar-refractivity contribution in [2.45, 2.75) is 26.1 Å². The Morgan fingerprint density at radius 1 is 1.47 bits per heavy atom. The fourth-order valence-electron chi connectivity index (χ4n) is 1.59. The number of rotatable bonds is 5. The zero-order valence-electron chi connectivity index (χ0n) is 10.6. The molecule has 1 rings (SSSR count). The molecule has 2 unspecified atom stereocenters. The normalized spacial score (nSPS) is 13.7. The Balaban J connectivity index is 3.08. The second-order valence-corrected chi connectivity index (χ2v) is 3.96. The lowest BCUT2D eigenvalue weighted by molar-refractivity contribution is -0.386. The summed E-state index contributed by atoms with van der Waals surface area (Å²) in [5, 5.41) is 30.3. The molecule has 0 aliphatic heterocycles. The number of nitrogens with zero attached hydrogens (tertiary/aromatic N) is 1. The van der Waals surface area contributed by atoms with Crippen molar-refractivity contribution in [3.8, 4) is 0 Å². The Kier molecular flexibility index (Phi) is 4.96. The molecular formula is C12H15NO6. The van der Waals surface area contributed by atoms with Crippen LogP contribution in [0, 0.1) is 17.0 Å². The first-order chi connectivity index (χ1) is 8.88. The molecule has 0 fully saturated rings. The number of benzene rings is 1. The molecule has 1 aromatic rings. The minimum atomic E-state index is -1.86. The predicted molar refractivity (Wildman–Crippen MR) is 65.4 cm³/mol. The highest BCUT2D eigenvalue weighted by Gasteiger charge is 2.31. The average Bonchev–Trinajstić information content (AvgIpc) is 2.37. The van der Waals surface area contributed by atoms with Gasteiger partial charge in [-0.1, -0.05) is 6.07 Å². The summed E-state index contributed by atoms with van der Waals surface area (Å²) in [4.78, 5) is 21.5. The Labute approximate surface area is 109 Å². The van der Waals surface area contributed by atoms with Gasteiger partial charge in [-0.05, 0) is 25.5 Å². The fraction of sp³-hybridized carbons (Fsp3) is 0.417. The quantitative estimate of drug-likeness (QED) is 0.466. The number of aliphatic hydroxyl groups is 2. The largest absolute Gasteiger partial charge is 0.464 e. The predicted octanol–water partition coefficient (Wildman–Crippen LogP) is 0.861. The maximum atomic E-state index is 11.3. The van der Waals surface area contributed by atoms with Crippen LogP contribution >= 0.6 is 0 Å². The third-order valence-corrected chi connectivity index (χ3v) is 2.53. The average molecular weight is 269 g/mol. The van der Waals surface area contributed by atoms with Gasteiger partial charge in [0.15, 0.2) is 6.10 Å². The number of aliphatic hydroxyl groups excluding tert-OH is 2. The van der Waals surface area contributed by atoms with Crippen molar-refractivity contribution in [1.29, 1.82) is 0 Å². The molecule has 0 bridgehead atoms. The number of ether oxygens (including phenoxy) is 1.